The molecule has 0 radical (unpaired) electrons. The Morgan fingerprint density at radius 2 is 1.67 bits per heavy atom. The van der Waals surface area contributed by atoms with Crippen molar-refractivity contribution in [1.29, 1.82) is 0 Å². The van der Waals surface area contributed by atoms with Crippen LogP contribution in [-0.2, 0) is 4.79 Å². The molecule has 0 spiro atoms. The van der Waals surface area contributed by atoms with Gasteiger partial charge in [-0.3, -0.25) is 0 Å². The summed E-state index contributed by atoms with van der Waals surface area (Å²) in [6, 6.07) is 0. The highest BCUT2D eigenvalue weighted by molar-refractivity contribution is 5.75. The van der Waals surface area contributed by atoms with Gasteiger partial charge in [-0.1, -0.05) is 41.5 Å². The second-order valence-corrected chi connectivity index (χ2v) is 3.38. The van der Waals surface area contributed by atoms with Crippen molar-refractivity contribution in [1.82, 2.24) is 15.2 Å². The third-order valence-electron chi connectivity index (χ3n) is 1.22. The van der Waals surface area contributed by atoms with E-state index >= 15 is 0 Å². The van der Waals surface area contributed by atoms with Crippen LogP contribution in [0.15, 0.2) is 0 Å². The Labute approximate surface area is 111 Å². The molecular weight excluding hydrogens is 230 g/mol. The molecule has 0 amide bonds. The van der Waals surface area contributed by atoms with Gasteiger partial charge in [-0.15, -0.1) is 5.10 Å². The number of rotatable bonds is 2. The number of carbonyl (C=O) groups excluding carboxylic acids is 1. The van der Waals surface area contributed by atoms with E-state index in [9.17, 15) is 4.79 Å². The summed E-state index contributed by atoms with van der Waals surface area (Å²) in [4.78, 5) is 13.8. The van der Waals surface area contributed by atoms with Gasteiger partial charge in [0.1, 0.15) is 5.78 Å². The van der Waals surface area contributed by atoms with Crippen molar-refractivity contribution in [2.24, 2.45) is 5.92 Å². The third-order valence-corrected chi connectivity index (χ3v) is 1.22. The van der Waals surface area contributed by atoms with Crippen LogP contribution < -0.4 is 11.5 Å². The minimum atomic E-state index is 0.178. The Hall–Kier alpha value is -1.59. The number of nitrogens with two attached hydrogens (primary N) is 2. The molecule has 0 aliphatic heterocycles. The van der Waals surface area contributed by atoms with E-state index in [0.717, 1.165) is 6.42 Å². The lowest BCUT2D eigenvalue weighted by Crippen LogP contribution is -1.95. The molecule has 0 saturated carbocycles. The molecule has 0 aliphatic carbocycles. The predicted octanol–water partition coefficient (Wildman–Crippen LogP) is 2.64. The highest BCUT2D eigenvalue weighted by Gasteiger charge is 1.95. The first kappa shape index (κ1) is 21.7. The number of hydrogen-bond acceptors (Lipinski definition) is 5. The summed E-state index contributed by atoms with van der Waals surface area (Å²) in [5, 5.41) is 5.79. The second-order valence-electron chi connectivity index (χ2n) is 3.38. The normalized spacial score (nSPS) is 8.00. The average Bonchev–Trinajstić information content (AvgIpc) is 2.67. The van der Waals surface area contributed by atoms with Gasteiger partial charge in [-0.2, -0.15) is 4.98 Å². The molecule has 6 nitrogen and oxygen atoms in total. The number of aromatic amines is 1. The monoisotopic (exact) mass is 259 g/mol. The van der Waals surface area contributed by atoms with Crippen molar-refractivity contribution < 1.29 is 4.79 Å². The largest absolute Gasteiger partial charge is 0.368 e. The quantitative estimate of drug-likeness (QED) is 0.756. The smallest absolute Gasteiger partial charge is 0.241 e. The summed E-state index contributed by atoms with van der Waals surface area (Å²) < 4.78 is 0. The lowest BCUT2D eigenvalue weighted by atomic mass is 10.1. The maximum absolute atomic E-state index is 10.3. The Kier molecular flexibility index (Phi) is 18.6. The summed E-state index contributed by atoms with van der Waals surface area (Å²) in [5.41, 5.74) is 10.1. The molecule has 6 heteroatoms. The van der Waals surface area contributed by atoms with Crippen molar-refractivity contribution in [2.45, 2.75) is 54.9 Å². The summed E-state index contributed by atoms with van der Waals surface area (Å²) in [6.07, 6.45) is 0.722. The Morgan fingerprint density at radius 3 is 1.72 bits per heavy atom. The van der Waals surface area contributed by atoms with E-state index in [1.54, 1.807) is 6.92 Å². The first-order valence-corrected chi connectivity index (χ1v) is 6.34. The Bertz CT molecular complexity index is 267. The fraction of sp³-hybridized carbons (Fsp3) is 0.750. The summed E-state index contributed by atoms with van der Waals surface area (Å²) in [6.45, 7) is 13.7. The highest BCUT2D eigenvalue weighted by atomic mass is 16.1. The lowest BCUT2D eigenvalue weighted by molar-refractivity contribution is -0.117. The molecule has 108 valence electrons. The van der Waals surface area contributed by atoms with Crippen molar-refractivity contribution >= 4 is 17.7 Å². The fourth-order valence-corrected chi connectivity index (χ4v) is 0.863. The number of ketones is 1. The van der Waals surface area contributed by atoms with Crippen LogP contribution in [0.25, 0.3) is 0 Å². The van der Waals surface area contributed by atoms with Crippen molar-refractivity contribution in [3.8, 4) is 0 Å². The molecule has 0 bridgehead atoms. The molecule has 0 saturated heterocycles. The molecule has 1 heterocycles. The molecule has 0 fully saturated rings. The minimum Gasteiger partial charge on any atom is -0.368 e. The zero-order valence-corrected chi connectivity index (χ0v) is 12.7. The van der Waals surface area contributed by atoms with Crippen LogP contribution in [0.3, 0.4) is 0 Å². The van der Waals surface area contributed by atoms with Crippen LogP contribution in [0.5, 0.6) is 0 Å². The fourth-order valence-electron chi connectivity index (χ4n) is 0.863. The van der Waals surface area contributed by atoms with E-state index < -0.39 is 0 Å². The van der Waals surface area contributed by atoms with Gasteiger partial charge in [0.25, 0.3) is 0 Å². The number of Topliss-reactive ketones (excluding diaryl/α,β-unsaturated/α-hetero) is 1. The molecule has 1 aromatic rings. The number of carbonyl (C=O) groups is 1. The number of H-pyrrole nitrogens is 1. The molecule has 0 aliphatic rings. The van der Waals surface area contributed by atoms with E-state index in [-0.39, 0.29) is 17.7 Å². The SMILES string of the molecule is CC.CC.CC(=O)CC(C)C.Nc1n[nH]c(N)n1. The molecule has 0 atom stereocenters. The van der Waals surface area contributed by atoms with Gasteiger partial charge in [-0.25, -0.2) is 5.10 Å². The van der Waals surface area contributed by atoms with Crippen LogP contribution in [0.1, 0.15) is 54.9 Å². The van der Waals surface area contributed by atoms with E-state index in [1.807, 2.05) is 41.5 Å². The van der Waals surface area contributed by atoms with Gasteiger partial charge in [0.05, 0.1) is 0 Å². The molecule has 1 aromatic heterocycles. The maximum Gasteiger partial charge on any atom is 0.241 e. The first-order valence-electron chi connectivity index (χ1n) is 6.34. The number of anilines is 2. The maximum atomic E-state index is 10.3. The van der Waals surface area contributed by atoms with Gasteiger partial charge in [-0.05, 0) is 12.8 Å². The molecule has 0 unspecified atom stereocenters. The second kappa shape index (κ2) is 15.4. The molecule has 5 N–H and O–H groups in total. The van der Waals surface area contributed by atoms with Gasteiger partial charge < -0.3 is 16.3 Å². The standard InChI is InChI=1S/C6H12O.C2H5N5.2C2H6/c1-5(2)4-6(3)7;3-1-5-2(4)7-6-1;2*1-2/h5H,4H2,1-3H3;(H5,3,4,5,6,7);2*1-2H3. The van der Waals surface area contributed by atoms with Crippen molar-refractivity contribution in [3.05, 3.63) is 0 Å². The predicted molar refractivity (Wildman–Crippen MR) is 78.0 cm³/mol. The van der Waals surface area contributed by atoms with Gasteiger partial charge >= 0.3 is 0 Å². The first-order chi connectivity index (χ1) is 8.41. The number of nitrogens with zero attached hydrogens (tertiary/aromatic N) is 2. The van der Waals surface area contributed by atoms with E-state index in [1.165, 1.54) is 0 Å². The zero-order valence-electron chi connectivity index (χ0n) is 12.7. The number of nitrogens with one attached hydrogen (secondary N) is 1. The summed E-state index contributed by atoms with van der Waals surface area (Å²) >= 11 is 0. The Morgan fingerprint density at radius 1 is 1.22 bits per heavy atom. The minimum absolute atomic E-state index is 0.178. The average molecular weight is 259 g/mol. The van der Waals surface area contributed by atoms with Crippen molar-refractivity contribution in [2.75, 3.05) is 11.5 Å². The van der Waals surface area contributed by atoms with Gasteiger partial charge in [0, 0.05) is 6.42 Å². The number of nitrogen functional groups attached to an aromatic ring is 2. The van der Waals surface area contributed by atoms with E-state index in [4.69, 9.17) is 11.5 Å². The zero-order chi connectivity index (χ0) is 15.1. The van der Waals surface area contributed by atoms with Crippen LogP contribution in [-0.4, -0.2) is 21.0 Å². The van der Waals surface area contributed by atoms with Crippen LogP contribution in [0, 0.1) is 5.92 Å². The van der Waals surface area contributed by atoms with E-state index in [0.29, 0.717) is 5.92 Å². The number of hydrogen-bond donors (Lipinski definition) is 3. The summed E-state index contributed by atoms with van der Waals surface area (Å²) in [7, 11) is 0. The number of aromatic nitrogens is 3. The lowest BCUT2D eigenvalue weighted by Gasteiger charge is -1.95. The van der Waals surface area contributed by atoms with Crippen LogP contribution >= 0.6 is 0 Å². The van der Waals surface area contributed by atoms with Crippen molar-refractivity contribution in [3.63, 3.8) is 0 Å². The van der Waals surface area contributed by atoms with Crippen LogP contribution in [0.4, 0.5) is 11.9 Å². The summed E-state index contributed by atoms with van der Waals surface area (Å²) in [5.74, 6) is 1.24. The van der Waals surface area contributed by atoms with Crippen LogP contribution in [0.2, 0.25) is 0 Å². The highest BCUT2D eigenvalue weighted by Crippen LogP contribution is 1.97. The third kappa shape index (κ3) is 19.9. The molecule has 0 aromatic carbocycles. The molecule has 18 heavy (non-hydrogen) atoms. The van der Waals surface area contributed by atoms with Gasteiger partial charge in [0.15, 0.2) is 0 Å². The molecular formula is C12H29N5O. The Balaban J connectivity index is -0.000000196. The van der Waals surface area contributed by atoms with E-state index in [2.05, 4.69) is 15.2 Å². The topological polar surface area (TPSA) is 111 Å². The molecule has 1 rings (SSSR count). The van der Waals surface area contributed by atoms with Gasteiger partial charge in [0.2, 0.25) is 11.9 Å².